The molecule has 0 aliphatic rings. The minimum absolute atomic E-state index is 0.0411. The van der Waals surface area contributed by atoms with Crippen LogP contribution in [0.1, 0.15) is 17.3 Å². The first-order chi connectivity index (χ1) is 15.6. The quantitative estimate of drug-likeness (QED) is 0.514. The average Bonchev–Trinajstić information content (AvgIpc) is 2.80. The van der Waals surface area contributed by atoms with Crippen LogP contribution in [-0.2, 0) is 14.8 Å². The fourth-order valence-corrected chi connectivity index (χ4v) is 4.45. The number of nitrogens with zero attached hydrogens (tertiary/aromatic N) is 1. The summed E-state index contributed by atoms with van der Waals surface area (Å²) in [6.07, 6.45) is 0. The Kier molecular flexibility index (Phi) is 7.25. The van der Waals surface area contributed by atoms with Gasteiger partial charge < -0.3 is 15.4 Å². The maximum atomic E-state index is 13.1. The van der Waals surface area contributed by atoms with Crippen molar-refractivity contribution in [2.75, 3.05) is 29.1 Å². The van der Waals surface area contributed by atoms with Gasteiger partial charge in [0.2, 0.25) is 5.91 Å². The number of halogens is 1. The topological polar surface area (TPSA) is 105 Å². The maximum absolute atomic E-state index is 13.1. The van der Waals surface area contributed by atoms with E-state index in [0.717, 1.165) is 4.31 Å². The number of anilines is 3. The molecule has 3 aromatic rings. The standard InChI is InChI=1S/C23H22ClN3O5S/c1-15(28)25-17-7-12-22(21(24)14-17)26-23(29)16-5-4-6-20(13-16)33(30,31)27(2)18-8-10-19(32-3)11-9-18/h4-14H,1-3H3,(H,25,28)(H,26,29). The number of methoxy groups -OCH3 is 1. The molecule has 0 aliphatic heterocycles. The summed E-state index contributed by atoms with van der Waals surface area (Å²) in [6, 6.07) is 16.9. The van der Waals surface area contributed by atoms with Crippen molar-refractivity contribution in [3.63, 3.8) is 0 Å². The summed E-state index contributed by atoms with van der Waals surface area (Å²) in [6.45, 7) is 1.37. The van der Waals surface area contributed by atoms with E-state index in [9.17, 15) is 18.0 Å². The molecule has 0 bridgehead atoms. The predicted octanol–water partition coefficient (Wildman–Crippen LogP) is 4.38. The average molecular weight is 488 g/mol. The zero-order valence-corrected chi connectivity index (χ0v) is 19.7. The van der Waals surface area contributed by atoms with Crippen LogP contribution in [-0.4, -0.2) is 34.4 Å². The highest BCUT2D eigenvalue weighted by molar-refractivity contribution is 7.92. The van der Waals surface area contributed by atoms with Crippen LogP contribution in [0.5, 0.6) is 5.75 Å². The van der Waals surface area contributed by atoms with E-state index in [2.05, 4.69) is 10.6 Å². The van der Waals surface area contributed by atoms with Crippen LogP contribution in [0.25, 0.3) is 0 Å². The van der Waals surface area contributed by atoms with Crippen molar-refractivity contribution in [2.24, 2.45) is 0 Å². The number of amides is 2. The lowest BCUT2D eigenvalue weighted by molar-refractivity contribution is -0.114. The molecule has 0 heterocycles. The van der Waals surface area contributed by atoms with Gasteiger partial charge in [0.1, 0.15) is 5.75 Å². The SMILES string of the molecule is COc1ccc(N(C)S(=O)(=O)c2cccc(C(=O)Nc3ccc(NC(C)=O)cc3Cl)c2)cc1. The normalized spacial score (nSPS) is 10.9. The number of nitrogens with one attached hydrogen (secondary N) is 2. The predicted molar refractivity (Wildman–Crippen MR) is 129 cm³/mol. The van der Waals surface area contributed by atoms with Crippen molar-refractivity contribution in [2.45, 2.75) is 11.8 Å². The summed E-state index contributed by atoms with van der Waals surface area (Å²) in [5, 5.41) is 5.47. The maximum Gasteiger partial charge on any atom is 0.264 e. The fourth-order valence-electron chi connectivity index (χ4n) is 2.98. The lowest BCUT2D eigenvalue weighted by Crippen LogP contribution is -2.26. The van der Waals surface area contributed by atoms with E-state index in [-0.39, 0.29) is 21.4 Å². The van der Waals surface area contributed by atoms with Gasteiger partial charge >= 0.3 is 0 Å². The highest BCUT2D eigenvalue weighted by Gasteiger charge is 2.23. The van der Waals surface area contributed by atoms with E-state index in [0.29, 0.717) is 22.8 Å². The second-order valence-corrected chi connectivity index (χ2v) is 9.40. The molecule has 0 fully saturated rings. The van der Waals surface area contributed by atoms with Crippen LogP contribution in [0, 0.1) is 0 Å². The Labute approximate surface area is 197 Å². The van der Waals surface area contributed by atoms with E-state index in [1.807, 2.05) is 0 Å². The minimum atomic E-state index is -3.92. The van der Waals surface area contributed by atoms with E-state index < -0.39 is 15.9 Å². The zero-order valence-electron chi connectivity index (χ0n) is 18.1. The molecule has 0 saturated carbocycles. The molecular weight excluding hydrogens is 466 g/mol. The van der Waals surface area contributed by atoms with Gasteiger partial charge in [0.25, 0.3) is 15.9 Å². The number of hydrogen-bond donors (Lipinski definition) is 2. The lowest BCUT2D eigenvalue weighted by atomic mass is 10.2. The Balaban J connectivity index is 1.82. The van der Waals surface area contributed by atoms with E-state index in [1.165, 1.54) is 51.4 Å². The molecule has 2 amide bonds. The number of ether oxygens (including phenoxy) is 1. The molecule has 0 aliphatic carbocycles. The van der Waals surface area contributed by atoms with Gasteiger partial charge in [0.15, 0.2) is 0 Å². The first kappa shape index (κ1) is 24.1. The number of carbonyl (C=O) groups excluding carboxylic acids is 2. The molecule has 10 heteroatoms. The first-order valence-electron chi connectivity index (χ1n) is 9.73. The van der Waals surface area contributed by atoms with Crippen LogP contribution in [0.15, 0.2) is 71.6 Å². The van der Waals surface area contributed by atoms with Crippen LogP contribution in [0.2, 0.25) is 5.02 Å². The molecule has 0 aromatic heterocycles. The molecule has 0 unspecified atom stereocenters. The Bertz CT molecular complexity index is 1290. The van der Waals surface area contributed by atoms with Crippen molar-refractivity contribution in [1.29, 1.82) is 0 Å². The van der Waals surface area contributed by atoms with Crippen molar-refractivity contribution in [1.82, 2.24) is 0 Å². The molecule has 3 aromatic carbocycles. The summed E-state index contributed by atoms with van der Waals surface area (Å²) < 4.78 is 32.4. The largest absolute Gasteiger partial charge is 0.497 e. The van der Waals surface area contributed by atoms with Gasteiger partial charge in [-0.15, -0.1) is 0 Å². The molecule has 8 nitrogen and oxygen atoms in total. The van der Waals surface area contributed by atoms with Gasteiger partial charge in [0, 0.05) is 25.2 Å². The summed E-state index contributed by atoms with van der Waals surface area (Å²) >= 11 is 6.20. The highest BCUT2D eigenvalue weighted by atomic mass is 35.5. The number of benzene rings is 3. The smallest absolute Gasteiger partial charge is 0.264 e. The van der Waals surface area contributed by atoms with Crippen molar-refractivity contribution >= 4 is 50.5 Å². The van der Waals surface area contributed by atoms with Crippen LogP contribution < -0.4 is 19.7 Å². The Morgan fingerprint density at radius 2 is 1.67 bits per heavy atom. The van der Waals surface area contributed by atoms with Crippen LogP contribution in [0.4, 0.5) is 17.1 Å². The third kappa shape index (κ3) is 5.63. The molecule has 0 radical (unpaired) electrons. The van der Waals surface area contributed by atoms with Crippen LogP contribution in [0.3, 0.4) is 0 Å². The minimum Gasteiger partial charge on any atom is -0.497 e. The molecule has 0 spiro atoms. The number of sulfonamides is 1. The molecule has 172 valence electrons. The lowest BCUT2D eigenvalue weighted by Gasteiger charge is -2.20. The van der Waals surface area contributed by atoms with Crippen molar-refractivity contribution in [3.8, 4) is 5.75 Å². The number of hydrogen-bond acceptors (Lipinski definition) is 5. The van der Waals surface area contributed by atoms with Gasteiger partial charge in [-0.25, -0.2) is 8.42 Å². The monoisotopic (exact) mass is 487 g/mol. The third-order valence-corrected chi connectivity index (χ3v) is 6.82. The first-order valence-corrected chi connectivity index (χ1v) is 11.5. The molecule has 2 N–H and O–H groups in total. The fraction of sp³-hybridized carbons (Fsp3) is 0.130. The zero-order chi connectivity index (χ0) is 24.2. The molecular formula is C23H22ClN3O5S. The second-order valence-electron chi connectivity index (χ2n) is 7.03. The summed E-state index contributed by atoms with van der Waals surface area (Å²) in [5.74, 6) is -0.180. The van der Waals surface area contributed by atoms with Gasteiger partial charge in [-0.3, -0.25) is 13.9 Å². The van der Waals surface area contributed by atoms with Gasteiger partial charge in [-0.2, -0.15) is 0 Å². The highest BCUT2D eigenvalue weighted by Crippen LogP contribution is 2.27. The molecule has 0 atom stereocenters. The van der Waals surface area contributed by atoms with Crippen molar-refractivity contribution < 1.29 is 22.7 Å². The third-order valence-electron chi connectivity index (χ3n) is 4.73. The molecule has 0 saturated heterocycles. The van der Waals surface area contributed by atoms with E-state index >= 15 is 0 Å². The van der Waals surface area contributed by atoms with Gasteiger partial charge in [-0.05, 0) is 60.7 Å². The number of carbonyl (C=O) groups is 2. The van der Waals surface area contributed by atoms with Gasteiger partial charge in [-0.1, -0.05) is 17.7 Å². The Morgan fingerprint density at radius 1 is 0.970 bits per heavy atom. The molecule has 3 rings (SSSR count). The van der Waals surface area contributed by atoms with E-state index in [4.69, 9.17) is 16.3 Å². The van der Waals surface area contributed by atoms with Crippen LogP contribution >= 0.6 is 11.6 Å². The second kappa shape index (κ2) is 9.93. The molecule has 33 heavy (non-hydrogen) atoms. The van der Waals surface area contributed by atoms with Gasteiger partial charge in [0.05, 0.1) is 28.4 Å². The van der Waals surface area contributed by atoms with E-state index in [1.54, 1.807) is 36.4 Å². The van der Waals surface area contributed by atoms with Crippen molar-refractivity contribution in [3.05, 3.63) is 77.3 Å². The summed E-state index contributed by atoms with van der Waals surface area (Å²) in [5.41, 5.74) is 1.39. The Hall–Kier alpha value is -3.56. The Morgan fingerprint density at radius 3 is 2.27 bits per heavy atom. The number of rotatable bonds is 7. The summed E-state index contributed by atoms with van der Waals surface area (Å²) in [4.78, 5) is 23.9. The summed E-state index contributed by atoms with van der Waals surface area (Å²) in [7, 11) is -0.964.